The maximum absolute atomic E-state index is 4.93. The van der Waals surface area contributed by atoms with Gasteiger partial charge in [0, 0.05) is 36.9 Å². The molecule has 2 aromatic carbocycles. The second-order valence-electron chi connectivity index (χ2n) is 8.65. The lowest BCUT2D eigenvalue weighted by atomic mass is 9.93. The molecule has 5 rings (SSSR count). The van der Waals surface area contributed by atoms with E-state index in [0.29, 0.717) is 6.04 Å². The molecule has 1 aromatic heterocycles. The zero-order valence-electron chi connectivity index (χ0n) is 17.3. The molecule has 4 heteroatoms. The van der Waals surface area contributed by atoms with Crippen LogP contribution in [0, 0.1) is 0 Å². The Labute approximate surface area is 173 Å². The molecule has 3 aromatic rings. The standard InChI is InChI=1S/C25H30N4/c1-28(22-9-3-2-4-10-22)23-14-16-29(18-23)25-26-15-13-24(27-25)21-12-11-19-7-5-6-8-20(19)17-21/h5-8,11-13,15,17,22-23H,2-4,9-10,14,16,18H2,1H3/t23-/m1/s1. The van der Waals surface area contributed by atoms with Gasteiger partial charge in [-0.15, -0.1) is 0 Å². The van der Waals surface area contributed by atoms with Crippen LogP contribution >= 0.6 is 0 Å². The number of anilines is 1. The molecule has 4 nitrogen and oxygen atoms in total. The zero-order valence-corrected chi connectivity index (χ0v) is 17.3. The second kappa shape index (κ2) is 8.11. The first-order valence-corrected chi connectivity index (χ1v) is 11.1. The molecule has 0 radical (unpaired) electrons. The van der Waals surface area contributed by atoms with E-state index in [-0.39, 0.29) is 0 Å². The number of fused-ring (bicyclic) bond motifs is 1. The fourth-order valence-electron chi connectivity index (χ4n) is 5.05. The Hall–Kier alpha value is -2.46. The third-order valence-corrected chi connectivity index (χ3v) is 6.86. The number of rotatable bonds is 4. The van der Waals surface area contributed by atoms with E-state index >= 15 is 0 Å². The molecule has 0 unspecified atom stereocenters. The first-order valence-electron chi connectivity index (χ1n) is 11.1. The molecular formula is C25H30N4. The van der Waals surface area contributed by atoms with Crippen molar-refractivity contribution in [3.05, 3.63) is 54.7 Å². The highest BCUT2D eigenvalue weighted by Gasteiger charge is 2.31. The highest BCUT2D eigenvalue weighted by molar-refractivity contribution is 5.86. The minimum atomic E-state index is 0.617. The number of nitrogens with zero attached hydrogens (tertiary/aromatic N) is 4. The predicted octanol–water partition coefficient (Wildman–Crippen LogP) is 5.14. The molecule has 1 aliphatic carbocycles. The van der Waals surface area contributed by atoms with Crippen LogP contribution < -0.4 is 4.90 Å². The summed E-state index contributed by atoms with van der Waals surface area (Å²) in [7, 11) is 2.33. The van der Waals surface area contributed by atoms with Crippen LogP contribution in [0.4, 0.5) is 5.95 Å². The Morgan fingerprint density at radius 3 is 2.59 bits per heavy atom. The van der Waals surface area contributed by atoms with Gasteiger partial charge in [0.15, 0.2) is 0 Å². The fraction of sp³-hybridized carbons (Fsp3) is 0.440. The van der Waals surface area contributed by atoms with Gasteiger partial charge in [0.2, 0.25) is 5.95 Å². The van der Waals surface area contributed by atoms with E-state index in [2.05, 4.69) is 64.3 Å². The number of aromatic nitrogens is 2. The minimum absolute atomic E-state index is 0.617. The SMILES string of the molecule is CN(C1CCCCC1)[C@@H]1CCN(c2nccc(-c3ccc4ccccc4c3)n2)C1. The van der Waals surface area contributed by atoms with Gasteiger partial charge in [0.25, 0.3) is 0 Å². The Bertz CT molecular complexity index is 979. The number of hydrogen-bond acceptors (Lipinski definition) is 4. The topological polar surface area (TPSA) is 32.3 Å². The quantitative estimate of drug-likeness (QED) is 0.621. The minimum Gasteiger partial charge on any atom is -0.339 e. The van der Waals surface area contributed by atoms with Crippen molar-refractivity contribution in [3.8, 4) is 11.3 Å². The third kappa shape index (κ3) is 3.86. The summed E-state index contributed by atoms with van der Waals surface area (Å²) in [5.74, 6) is 0.871. The van der Waals surface area contributed by atoms with Crippen LogP contribution in [-0.2, 0) is 0 Å². The van der Waals surface area contributed by atoms with Crippen molar-refractivity contribution in [3.63, 3.8) is 0 Å². The molecule has 150 valence electrons. The summed E-state index contributed by atoms with van der Waals surface area (Å²) in [6.45, 7) is 2.08. The summed E-state index contributed by atoms with van der Waals surface area (Å²) in [4.78, 5) is 14.6. The summed E-state index contributed by atoms with van der Waals surface area (Å²) < 4.78 is 0. The van der Waals surface area contributed by atoms with Gasteiger partial charge in [-0.05, 0) is 49.2 Å². The Kier molecular flexibility index (Phi) is 5.19. The molecule has 1 saturated carbocycles. The second-order valence-corrected chi connectivity index (χ2v) is 8.65. The molecule has 1 saturated heterocycles. The molecule has 2 fully saturated rings. The maximum Gasteiger partial charge on any atom is 0.225 e. The van der Waals surface area contributed by atoms with E-state index in [1.54, 1.807) is 0 Å². The smallest absolute Gasteiger partial charge is 0.225 e. The van der Waals surface area contributed by atoms with Crippen LogP contribution in [0.15, 0.2) is 54.7 Å². The fourth-order valence-corrected chi connectivity index (χ4v) is 5.05. The summed E-state index contributed by atoms with van der Waals surface area (Å²) >= 11 is 0. The molecule has 1 aliphatic heterocycles. The van der Waals surface area contributed by atoms with Gasteiger partial charge in [-0.2, -0.15) is 0 Å². The molecule has 2 heterocycles. The van der Waals surface area contributed by atoms with E-state index in [0.717, 1.165) is 36.3 Å². The van der Waals surface area contributed by atoms with E-state index in [1.165, 1.54) is 49.3 Å². The van der Waals surface area contributed by atoms with Crippen LogP contribution in [0.3, 0.4) is 0 Å². The Morgan fingerprint density at radius 2 is 1.72 bits per heavy atom. The van der Waals surface area contributed by atoms with Crippen LogP contribution in [-0.4, -0.2) is 47.1 Å². The van der Waals surface area contributed by atoms with Gasteiger partial charge in [0.1, 0.15) is 0 Å². The van der Waals surface area contributed by atoms with Crippen molar-refractivity contribution in [2.45, 2.75) is 50.6 Å². The molecule has 1 atom stereocenters. The van der Waals surface area contributed by atoms with E-state index < -0.39 is 0 Å². The van der Waals surface area contributed by atoms with Gasteiger partial charge >= 0.3 is 0 Å². The number of hydrogen-bond donors (Lipinski definition) is 0. The summed E-state index contributed by atoms with van der Waals surface area (Å²) in [6, 6.07) is 18.5. The summed E-state index contributed by atoms with van der Waals surface area (Å²) in [5, 5.41) is 2.51. The summed E-state index contributed by atoms with van der Waals surface area (Å²) in [6.07, 6.45) is 10.0. The van der Waals surface area contributed by atoms with Crippen molar-refractivity contribution in [1.29, 1.82) is 0 Å². The number of likely N-dealkylation sites (N-methyl/N-ethyl adjacent to an activating group) is 1. The van der Waals surface area contributed by atoms with Crippen LogP contribution in [0.5, 0.6) is 0 Å². The largest absolute Gasteiger partial charge is 0.339 e. The molecule has 2 aliphatic rings. The van der Waals surface area contributed by atoms with Gasteiger partial charge in [0.05, 0.1) is 5.69 Å². The lowest BCUT2D eigenvalue weighted by molar-refractivity contribution is 0.147. The van der Waals surface area contributed by atoms with Gasteiger partial charge in [-0.25, -0.2) is 9.97 Å². The third-order valence-electron chi connectivity index (χ3n) is 6.86. The van der Waals surface area contributed by atoms with Crippen molar-refractivity contribution < 1.29 is 0 Å². The van der Waals surface area contributed by atoms with Gasteiger partial charge in [-0.3, -0.25) is 4.90 Å². The van der Waals surface area contributed by atoms with Gasteiger partial charge in [-0.1, -0.05) is 55.7 Å². The van der Waals surface area contributed by atoms with Gasteiger partial charge < -0.3 is 4.90 Å². The average molecular weight is 387 g/mol. The Morgan fingerprint density at radius 1 is 0.897 bits per heavy atom. The lowest BCUT2D eigenvalue weighted by Gasteiger charge is -2.35. The van der Waals surface area contributed by atoms with Crippen molar-refractivity contribution in [1.82, 2.24) is 14.9 Å². The van der Waals surface area contributed by atoms with Crippen LogP contribution in [0.25, 0.3) is 22.0 Å². The summed E-state index contributed by atoms with van der Waals surface area (Å²) in [5.41, 5.74) is 2.16. The van der Waals surface area contributed by atoms with Crippen molar-refractivity contribution >= 4 is 16.7 Å². The van der Waals surface area contributed by atoms with E-state index in [9.17, 15) is 0 Å². The molecule has 0 bridgehead atoms. The molecule has 0 N–H and O–H groups in total. The highest BCUT2D eigenvalue weighted by atomic mass is 15.3. The monoisotopic (exact) mass is 386 g/mol. The molecule has 0 amide bonds. The zero-order chi connectivity index (χ0) is 19.6. The molecule has 0 spiro atoms. The van der Waals surface area contributed by atoms with E-state index in [4.69, 9.17) is 4.98 Å². The Balaban J connectivity index is 1.33. The normalized spacial score (nSPS) is 20.6. The average Bonchev–Trinajstić information content (AvgIpc) is 3.29. The number of benzene rings is 2. The van der Waals surface area contributed by atoms with Crippen LogP contribution in [0.2, 0.25) is 0 Å². The predicted molar refractivity (Wildman–Crippen MR) is 120 cm³/mol. The van der Waals surface area contributed by atoms with Crippen molar-refractivity contribution in [2.24, 2.45) is 0 Å². The highest BCUT2D eigenvalue weighted by Crippen LogP contribution is 2.28. The molecule has 29 heavy (non-hydrogen) atoms. The first-order chi connectivity index (χ1) is 14.3. The molecular weight excluding hydrogens is 356 g/mol. The van der Waals surface area contributed by atoms with E-state index in [1.807, 2.05) is 12.3 Å². The van der Waals surface area contributed by atoms with Crippen molar-refractivity contribution in [2.75, 3.05) is 25.0 Å². The lowest BCUT2D eigenvalue weighted by Crippen LogP contribution is -2.42. The maximum atomic E-state index is 4.93. The van der Waals surface area contributed by atoms with Crippen LogP contribution in [0.1, 0.15) is 38.5 Å². The first kappa shape index (κ1) is 18.6.